The zero-order chi connectivity index (χ0) is 23.3. The normalized spacial score (nSPS) is 11.1. The van der Waals surface area contributed by atoms with Crippen LogP contribution < -0.4 is 5.32 Å². The summed E-state index contributed by atoms with van der Waals surface area (Å²) in [5, 5.41) is 12.4. The minimum Gasteiger partial charge on any atom is -0.462 e. The van der Waals surface area contributed by atoms with Gasteiger partial charge >= 0.3 is 5.97 Å². The minimum absolute atomic E-state index is 0.151. The maximum Gasteiger partial charge on any atom is 0.350 e. The Balaban J connectivity index is 1.65. The van der Waals surface area contributed by atoms with Crippen LogP contribution in [-0.4, -0.2) is 44.0 Å². The number of carbonyl (C=O) groups excluding carboxylic acids is 2. The van der Waals surface area contributed by atoms with Crippen LogP contribution in [0.4, 0.5) is 5.13 Å². The number of hydrogen-bond acceptors (Lipinski definition) is 8. The molecule has 0 aliphatic carbocycles. The number of anilines is 1. The maximum absolute atomic E-state index is 12.4. The second kappa shape index (κ2) is 10.7. The number of benzene rings is 1. The SMILES string of the molecule is CCOC(=O)c1sc(NC(=O)CSc2nnc(-c3ccc(C(C)C)cc3)n2CC)nc1C. The molecule has 0 aliphatic heterocycles. The number of amides is 1. The van der Waals surface area contributed by atoms with Crippen molar-refractivity contribution in [2.24, 2.45) is 0 Å². The predicted molar refractivity (Wildman–Crippen MR) is 127 cm³/mol. The van der Waals surface area contributed by atoms with Gasteiger partial charge in [0.05, 0.1) is 18.1 Å². The van der Waals surface area contributed by atoms with Crippen molar-refractivity contribution >= 4 is 40.1 Å². The van der Waals surface area contributed by atoms with E-state index in [0.29, 0.717) is 33.3 Å². The first-order chi connectivity index (χ1) is 15.3. The Morgan fingerprint density at radius 3 is 2.53 bits per heavy atom. The van der Waals surface area contributed by atoms with Crippen molar-refractivity contribution in [3.05, 3.63) is 40.4 Å². The van der Waals surface area contributed by atoms with Crippen molar-refractivity contribution in [1.82, 2.24) is 19.7 Å². The molecule has 0 atom stereocenters. The summed E-state index contributed by atoms with van der Waals surface area (Å²) < 4.78 is 7.01. The molecule has 0 unspecified atom stereocenters. The quantitative estimate of drug-likeness (QED) is 0.353. The third-order valence-electron chi connectivity index (χ3n) is 4.70. The van der Waals surface area contributed by atoms with E-state index in [1.165, 1.54) is 17.3 Å². The Morgan fingerprint density at radius 2 is 1.91 bits per heavy atom. The lowest BCUT2D eigenvalue weighted by Gasteiger charge is -2.09. The molecule has 3 aromatic rings. The average Bonchev–Trinajstić information content (AvgIpc) is 3.35. The van der Waals surface area contributed by atoms with Gasteiger partial charge in [0.2, 0.25) is 5.91 Å². The molecule has 2 aromatic heterocycles. The molecule has 0 radical (unpaired) electrons. The van der Waals surface area contributed by atoms with E-state index < -0.39 is 5.97 Å². The van der Waals surface area contributed by atoms with Crippen LogP contribution in [0.25, 0.3) is 11.4 Å². The maximum atomic E-state index is 12.4. The van der Waals surface area contributed by atoms with Gasteiger partial charge in [0, 0.05) is 12.1 Å². The van der Waals surface area contributed by atoms with Crippen molar-refractivity contribution in [3.63, 3.8) is 0 Å². The minimum atomic E-state index is -0.428. The molecule has 1 N–H and O–H groups in total. The molecule has 0 bridgehead atoms. The van der Waals surface area contributed by atoms with Crippen molar-refractivity contribution in [2.75, 3.05) is 17.7 Å². The Kier molecular flexibility index (Phi) is 8.03. The molecule has 1 amide bonds. The van der Waals surface area contributed by atoms with E-state index in [0.717, 1.165) is 22.7 Å². The fourth-order valence-corrected chi connectivity index (χ4v) is 4.71. The predicted octanol–water partition coefficient (Wildman–Crippen LogP) is 4.76. The average molecular weight is 474 g/mol. The number of aryl methyl sites for hydroxylation is 1. The van der Waals surface area contributed by atoms with E-state index in [1.54, 1.807) is 13.8 Å². The molecule has 0 saturated carbocycles. The van der Waals surface area contributed by atoms with E-state index in [9.17, 15) is 9.59 Å². The number of aromatic nitrogens is 4. The van der Waals surface area contributed by atoms with Crippen LogP contribution in [0.15, 0.2) is 29.4 Å². The smallest absolute Gasteiger partial charge is 0.350 e. The molecular weight excluding hydrogens is 446 g/mol. The van der Waals surface area contributed by atoms with Gasteiger partial charge in [-0.2, -0.15) is 0 Å². The molecule has 8 nitrogen and oxygen atoms in total. The third kappa shape index (κ3) is 5.55. The van der Waals surface area contributed by atoms with Crippen LogP contribution in [0.2, 0.25) is 0 Å². The van der Waals surface area contributed by atoms with E-state index in [1.807, 2.05) is 11.5 Å². The molecule has 2 heterocycles. The highest BCUT2D eigenvalue weighted by Gasteiger charge is 2.19. The van der Waals surface area contributed by atoms with Gasteiger partial charge in [0.1, 0.15) is 4.88 Å². The molecule has 10 heteroatoms. The Bertz CT molecular complexity index is 1090. The summed E-state index contributed by atoms with van der Waals surface area (Å²) in [4.78, 5) is 29.0. The number of rotatable bonds is 9. The summed E-state index contributed by atoms with van der Waals surface area (Å²) >= 11 is 2.42. The first-order valence-electron chi connectivity index (χ1n) is 10.4. The second-order valence-corrected chi connectivity index (χ2v) is 9.26. The fraction of sp³-hybridized carbons (Fsp3) is 0.409. The van der Waals surface area contributed by atoms with Crippen molar-refractivity contribution < 1.29 is 14.3 Å². The number of hydrogen-bond donors (Lipinski definition) is 1. The van der Waals surface area contributed by atoms with Gasteiger partial charge in [-0.1, -0.05) is 61.2 Å². The van der Waals surface area contributed by atoms with E-state index >= 15 is 0 Å². The number of thioether (sulfide) groups is 1. The van der Waals surface area contributed by atoms with Crippen LogP contribution in [-0.2, 0) is 16.1 Å². The summed E-state index contributed by atoms with van der Waals surface area (Å²) in [6, 6.07) is 8.32. The number of nitrogens with zero attached hydrogens (tertiary/aromatic N) is 4. The standard InChI is InChI=1S/C22H27N5O3S2/c1-6-27-19(16-10-8-15(9-11-16)13(3)4)25-26-22(27)31-12-17(28)24-21-23-14(5)18(32-21)20(29)30-7-2/h8-11,13H,6-7,12H2,1-5H3,(H,23,24,28). The highest BCUT2D eigenvalue weighted by molar-refractivity contribution is 7.99. The first-order valence-corrected chi connectivity index (χ1v) is 12.2. The van der Waals surface area contributed by atoms with Gasteiger partial charge in [0.25, 0.3) is 0 Å². The van der Waals surface area contributed by atoms with Gasteiger partial charge in [-0.15, -0.1) is 10.2 Å². The van der Waals surface area contributed by atoms with Gasteiger partial charge in [-0.25, -0.2) is 9.78 Å². The van der Waals surface area contributed by atoms with Crippen LogP contribution in [0.5, 0.6) is 0 Å². The molecule has 0 saturated heterocycles. The lowest BCUT2D eigenvalue weighted by atomic mass is 10.0. The molecule has 3 rings (SSSR count). The monoisotopic (exact) mass is 473 g/mol. The second-order valence-electron chi connectivity index (χ2n) is 7.32. The number of ether oxygens (including phenoxy) is 1. The van der Waals surface area contributed by atoms with Gasteiger partial charge in [-0.3, -0.25) is 4.79 Å². The van der Waals surface area contributed by atoms with Gasteiger partial charge in [-0.05, 0) is 32.3 Å². The van der Waals surface area contributed by atoms with Gasteiger partial charge < -0.3 is 14.6 Å². The largest absolute Gasteiger partial charge is 0.462 e. The van der Waals surface area contributed by atoms with E-state index in [-0.39, 0.29) is 18.3 Å². The fourth-order valence-electron chi connectivity index (χ4n) is 3.03. The number of nitrogens with one attached hydrogen (secondary N) is 1. The van der Waals surface area contributed by atoms with Crippen LogP contribution in [0, 0.1) is 6.92 Å². The zero-order valence-corrected chi connectivity index (χ0v) is 20.5. The van der Waals surface area contributed by atoms with Crippen molar-refractivity contribution in [1.29, 1.82) is 0 Å². The number of thiazole rings is 1. The Morgan fingerprint density at radius 1 is 1.19 bits per heavy atom. The summed E-state index contributed by atoms with van der Waals surface area (Å²) in [5.74, 6) is 0.737. The number of carbonyl (C=O) groups is 2. The molecule has 1 aromatic carbocycles. The van der Waals surface area contributed by atoms with Crippen LogP contribution in [0.1, 0.15) is 54.5 Å². The highest BCUT2D eigenvalue weighted by atomic mass is 32.2. The summed E-state index contributed by atoms with van der Waals surface area (Å²) in [5.41, 5.74) is 2.80. The summed E-state index contributed by atoms with van der Waals surface area (Å²) in [7, 11) is 0. The van der Waals surface area contributed by atoms with Gasteiger partial charge in [0.15, 0.2) is 16.1 Å². The van der Waals surface area contributed by atoms with E-state index in [4.69, 9.17) is 4.74 Å². The van der Waals surface area contributed by atoms with E-state index in [2.05, 4.69) is 58.6 Å². The zero-order valence-electron chi connectivity index (χ0n) is 18.8. The molecule has 32 heavy (non-hydrogen) atoms. The molecule has 0 aliphatic rings. The lowest BCUT2D eigenvalue weighted by molar-refractivity contribution is -0.113. The van der Waals surface area contributed by atoms with Crippen molar-refractivity contribution in [3.8, 4) is 11.4 Å². The topological polar surface area (TPSA) is 99.0 Å². The molecule has 0 spiro atoms. The molecule has 170 valence electrons. The lowest BCUT2D eigenvalue weighted by Crippen LogP contribution is -2.14. The Labute approximate surface area is 195 Å². The Hall–Kier alpha value is -2.72. The highest BCUT2D eigenvalue weighted by Crippen LogP contribution is 2.27. The first kappa shape index (κ1) is 23.9. The molecular formula is C22H27N5O3S2. The van der Waals surface area contributed by atoms with Crippen molar-refractivity contribution in [2.45, 2.75) is 52.2 Å². The number of esters is 1. The third-order valence-corrected chi connectivity index (χ3v) is 6.72. The molecule has 0 fully saturated rings. The van der Waals surface area contributed by atoms with Crippen LogP contribution >= 0.6 is 23.1 Å². The summed E-state index contributed by atoms with van der Waals surface area (Å²) in [6.45, 7) is 10.8. The van der Waals surface area contributed by atoms with Crippen LogP contribution in [0.3, 0.4) is 0 Å². The summed E-state index contributed by atoms with van der Waals surface area (Å²) in [6.07, 6.45) is 0.